The van der Waals surface area contributed by atoms with Gasteiger partial charge in [0, 0.05) is 0 Å². The molecule has 3 atom stereocenters. The van der Waals surface area contributed by atoms with Gasteiger partial charge in [-0.2, -0.15) is 0 Å². The Bertz CT molecular complexity index is 489. The van der Waals surface area contributed by atoms with Crippen LogP contribution in [-0.2, 0) is 6.42 Å². The van der Waals surface area contributed by atoms with Gasteiger partial charge in [0.1, 0.15) is 0 Å². The van der Waals surface area contributed by atoms with Crippen LogP contribution in [0, 0.1) is 17.8 Å². The molecule has 1 saturated carbocycles. The zero-order valence-corrected chi connectivity index (χ0v) is 19.5. The Morgan fingerprint density at radius 2 is 1.29 bits per heavy atom. The molecule has 160 valence electrons. The molecule has 0 radical (unpaired) electrons. The lowest BCUT2D eigenvalue weighted by Crippen LogP contribution is -2.21. The first-order chi connectivity index (χ1) is 13.7. The van der Waals surface area contributed by atoms with Crippen LogP contribution in [0.3, 0.4) is 0 Å². The molecule has 0 bridgehead atoms. The highest BCUT2D eigenvalue weighted by Gasteiger charge is 2.22. The van der Waals surface area contributed by atoms with Gasteiger partial charge < -0.3 is 0 Å². The van der Waals surface area contributed by atoms with E-state index in [1.165, 1.54) is 89.9 Å². The second-order valence-corrected chi connectivity index (χ2v) is 9.66. The van der Waals surface area contributed by atoms with Gasteiger partial charge in [0.05, 0.1) is 0 Å². The third-order valence-electron chi connectivity index (χ3n) is 7.81. The van der Waals surface area contributed by atoms with Crippen LogP contribution in [0.2, 0.25) is 0 Å². The minimum atomic E-state index is 0.815. The maximum absolute atomic E-state index is 2.53. The van der Waals surface area contributed by atoms with E-state index in [1.807, 2.05) is 0 Å². The van der Waals surface area contributed by atoms with Gasteiger partial charge in [-0.25, -0.2) is 0 Å². The first kappa shape index (κ1) is 23.5. The van der Waals surface area contributed by atoms with E-state index in [-0.39, 0.29) is 0 Å². The smallest absolute Gasteiger partial charge is 0.0162 e. The summed E-state index contributed by atoms with van der Waals surface area (Å²) in [6, 6.07) is 9.83. The lowest BCUT2D eigenvalue weighted by Gasteiger charge is -2.30. The molecule has 0 spiro atoms. The molecule has 0 aromatic heterocycles. The van der Waals surface area contributed by atoms with Crippen LogP contribution in [-0.4, -0.2) is 0 Å². The fraction of sp³-hybridized carbons (Fsp3) is 0.786. The third kappa shape index (κ3) is 7.57. The van der Waals surface area contributed by atoms with Crippen LogP contribution in [0.15, 0.2) is 24.3 Å². The van der Waals surface area contributed by atoms with Crippen LogP contribution >= 0.6 is 0 Å². The number of benzene rings is 1. The molecule has 28 heavy (non-hydrogen) atoms. The van der Waals surface area contributed by atoms with Crippen LogP contribution < -0.4 is 0 Å². The molecule has 0 nitrogen and oxygen atoms in total. The van der Waals surface area contributed by atoms with Crippen molar-refractivity contribution in [3.8, 4) is 0 Å². The Labute approximate surface area is 176 Å². The second kappa shape index (κ2) is 13.4. The number of hydrogen-bond donors (Lipinski definition) is 0. The SMILES string of the molecule is CCCC(CC)C(C)C(CC)CCc1ccc(C2CCCCCCCC2)cc1. The summed E-state index contributed by atoms with van der Waals surface area (Å²) < 4.78 is 0. The van der Waals surface area contributed by atoms with Gasteiger partial charge >= 0.3 is 0 Å². The summed E-state index contributed by atoms with van der Waals surface area (Å²) in [6.45, 7) is 9.66. The fourth-order valence-electron chi connectivity index (χ4n) is 5.71. The van der Waals surface area contributed by atoms with Crippen molar-refractivity contribution >= 4 is 0 Å². The van der Waals surface area contributed by atoms with Gasteiger partial charge in [0.25, 0.3) is 0 Å². The van der Waals surface area contributed by atoms with Crippen LogP contribution in [0.1, 0.15) is 128 Å². The minimum Gasteiger partial charge on any atom is -0.0654 e. The third-order valence-corrected chi connectivity index (χ3v) is 7.81. The van der Waals surface area contributed by atoms with Crippen molar-refractivity contribution < 1.29 is 0 Å². The van der Waals surface area contributed by atoms with Crippen molar-refractivity contribution in [2.75, 3.05) is 0 Å². The summed E-state index contributed by atoms with van der Waals surface area (Å²) in [7, 11) is 0. The molecular weight excluding hydrogens is 336 g/mol. The average Bonchev–Trinajstić information content (AvgIpc) is 2.86. The van der Waals surface area contributed by atoms with E-state index in [4.69, 9.17) is 0 Å². The van der Waals surface area contributed by atoms with E-state index >= 15 is 0 Å². The van der Waals surface area contributed by atoms with E-state index in [0.717, 1.165) is 23.7 Å². The minimum absolute atomic E-state index is 0.815. The second-order valence-electron chi connectivity index (χ2n) is 9.66. The summed E-state index contributed by atoms with van der Waals surface area (Å²) in [5.74, 6) is 3.48. The van der Waals surface area contributed by atoms with Crippen LogP contribution in [0.5, 0.6) is 0 Å². The van der Waals surface area contributed by atoms with Gasteiger partial charge in [-0.05, 0) is 60.5 Å². The van der Waals surface area contributed by atoms with E-state index < -0.39 is 0 Å². The van der Waals surface area contributed by atoms with Crippen LogP contribution in [0.4, 0.5) is 0 Å². The average molecular weight is 385 g/mol. The Morgan fingerprint density at radius 3 is 1.82 bits per heavy atom. The predicted octanol–water partition coefficient (Wildman–Crippen LogP) is 9.33. The molecule has 0 saturated heterocycles. The quantitative estimate of drug-likeness (QED) is 0.377. The van der Waals surface area contributed by atoms with Gasteiger partial charge in [-0.15, -0.1) is 0 Å². The van der Waals surface area contributed by atoms with Crippen molar-refractivity contribution in [1.82, 2.24) is 0 Å². The van der Waals surface area contributed by atoms with Crippen molar-refractivity contribution in [2.24, 2.45) is 17.8 Å². The maximum atomic E-state index is 2.53. The lowest BCUT2D eigenvalue weighted by atomic mass is 9.76. The molecule has 1 fully saturated rings. The topological polar surface area (TPSA) is 0 Å². The Morgan fingerprint density at radius 1 is 0.750 bits per heavy atom. The van der Waals surface area contributed by atoms with Crippen LogP contribution in [0.25, 0.3) is 0 Å². The van der Waals surface area contributed by atoms with Gasteiger partial charge in [-0.1, -0.05) is 116 Å². The molecule has 1 aliphatic carbocycles. The Balaban J connectivity index is 1.89. The van der Waals surface area contributed by atoms with Crippen molar-refractivity contribution in [1.29, 1.82) is 0 Å². The summed E-state index contributed by atoms with van der Waals surface area (Å²) in [6.07, 6.45) is 19.5. The highest BCUT2D eigenvalue weighted by atomic mass is 14.3. The molecule has 0 aliphatic heterocycles. The molecule has 1 aromatic rings. The first-order valence-corrected chi connectivity index (χ1v) is 12.8. The fourth-order valence-corrected chi connectivity index (χ4v) is 5.71. The molecule has 3 unspecified atom stereocenters. The number of hydrogen-bond acceptors (Lipinski definition) is 0. The molecule has 1 aromatic carbocycles. The zero-order chi connectivity index (χ0) is 20.2. The highest BCUT2D eigenvalue weighted by Crippen LogP contribution is 2.33. The highest BCUT2D eigenvalue weighted by molar-refractivity contribution is 5.25. The normalized spacial score (nSPS) is 20.0. The van der Waals surface area contributed by atoms with E-state index in [1.54, 1.807) is 11.1 Å². The molecule has 2 rings (SSSR count). The molecule has 0 heteroatoms. The maximum Gasteiger partial charge on any atom is -0.0162 e. The van der Waals surface area contributed by atoms with Crippen molar-refractivity contribution in [3.05, 3.63) is 35.4 Å². The Hall–Kier alpha value is -0.780. The monoisotopic (exact) mass is 384 g/mol. The summed E-state index contributed by atoms with van der Waals surface area (Å²) in [5, 5.41) is 0. The Kier molecular flexibility index (Phi) is 11.3. The van der Waals surface area contributed by atoms with E-state index in [0.29, 0.717) is 0 Å². The van der Waals surface area contributed by atoms with Crippen molar-refractivity contribution in [3.63, 3.8) is 0 Å². The van der Waals surface area contributed by atoms with Gasteiger partial charge in [-0.3, -0.25) is 0 Å². The molecular formula is C28H48. The largest absolute Gasteiger partial charge is 0.0654 e. The summed E-state index contributed by atoms with van der Waals surface area (Å²) in [4.78, 5) is 0. The molecule has 0 N–H and O–H groups in total. The van der Waals surface area contributed by atoms with Crippen molar-refractivity contribution in [2.45, 2.75) is 124 Å². The molecule has 0 heterocycles. The van der Waals surface area contributed by atoms with E-state index in [9.17, 15) is 0 Å². The first-order valence-electron chi connectivity index (χ1n) is 12.8. The summed E-state index contributed by atoms with van der Waals surface area (Å²) >= 11 is 0. The zero-order valence-electron chi connectivity index (χ0n) is 19.5. The molecule has 1 aliphatic rings. The number of rotatable bonds is 10. The van der Waals surface area contributed by atoms with E-state index in [2.05, 4.69) is 52.0 Å². The standard InChI is InChI=1S/C28H48/c1-5-14-25(6-2)23(4)26(7-3)20-17-24-18-21-28(22-19-24)27-15-12-10-8-9-11-13-16-27/h18-19,21-23,25-27H,5-17,20H2,1-4H3. The van der Waals surface area contributed by atoms with Gasteiger partial charge in [0.2, 0.25) is 0 Å². The van der Waals surface area contributed by atoms with Gasteiger partial charge in [0.15, 0.2) is 0 Å². The lowest BCUT2D eigenvalue weighted by molar-refractivity contribution is 0.211. The summed E-state index contributed by atoms with van der Waals surface area (Å²) in [5.41, 5.74) is 3.17. The number of aryl methyl sites for hydroxylation is 1. The predicted molar refractivity (Wildman–Crippen MR) is 126 cm³/mol. The molecule has 0 amide bonds.